The molecule has 0 aliphatic heterocycles. The number of carbonyl (C=O) groups excluding carboxylic acids is 1. The van der Waals surface area contributed by atoms with Gasteiger partial charge in [0.25, 0.3) is 0 Å². The Bertz CT molecular complexity index is 895. The van der Waals surface area contributed by atoms with Gasteiger partial charge in [0.2, 0.25) is 0 Å². The fourth-order valence-electron chi connectivity index (χ4n) is 2.57. The molecule has 0 aliphatic carbocycles. The molecule has 0 saturated carbocycles. The van der Waals surface area contributed by atoms with Gasteiger partial charge in [-0.1, -0.05) is 36.4 Å². The minimum Gasteiger partial charge on any atom is -0.496 e. The van der Waals surface area contributed by atoms with Crippen molar-refractivity contribution in [1.82, 2.24) is 0 Å². The summed E-state index contributed by atoms with van der Waals surface area (Å²) in [5.74, 6) is -0.460. The summed E-state index contributed by atoms with van der Waals surface area (Å²) in [4.78, 5) is 23.7. The van der Waals surface area contributed by atoms with E-state index in [9.17, 15) is 9.59 Å². The standard InChI is InChI=1S/C19H14O4/c1-23-17-11-10-16(14-4-2-3-5-15(14)17)18(20)12-6-8-13(9-7-12)19(21)22/h2-11H,1H3,(H,21,22). The van der Waals surface area contributed by atoms with E-state index in [0.717, 1.165) is 10.8 Å². The van der Waals surface area contributed by atoms with Crippen molar-refractivity contribution in [2.24, 2.45) is 0 Å². The average Bonchev–Trinajstić information content (AvgIpc) is 2.60. The largest absolute Gasteiger partial charge is 0.496 e. The molecule has 0 spiro atoms. The lowest BCUT2D eigenvalue weighted by molar-refractivity contribution is 0.0696. The number of aromatic carboxylic acids is 1. The van der Waals surface area contributed by atoms with Crippen molar-refractivity contribution in [3.63, 3.8) is 0 Å². The number of carbonyl (C=O) groups is 2. The Morgan fingerprint density at radius 3 is 2.04 bits per heavy atom. The molecule has 0 bridgehead atoms. The van der Waals surface area contributed by atoms with E-state index in [1.807, 2.05) is 24.3 Å². The summed E-state index contributed by atoms with van der Waals surface area (Å²) >= 11 is 0. The molecule has 0 amide bonds. The summed E-state index contributed by atoms with van der Waals surface area (Å²) in [5.41, 5.74) is 1.16. The van der Waals surface area contributed by atoms with E-state index in [-0.39, 0.29) is 11.3 Å². The number of carboxylic acid groups (broad SMARTS) is 1. The number of rotatable bonds is 4. The van der Waals surface area contributed by atoms with Crippen molar-refractivity contribution in [3.05, 3.63) is 77.4 Å². The van der Waals surface area contributed by atoms with Gasteiger partial charge in [-0.15, -0.1) is 0 Å². The molecule has 4 heteroatoms. The van der Waals surface area contributed by atoms with Crippen LogP contribution in [0.2, 0.25) is 0 Å². The molecule has 0 radical (unpaired) electrons. The van der Waals surface area contributed by atoms with Crippen LogP contribution in [0.4, 0.5) is 0 Å². The van der Waals surface area contributed by atoms with Crippen LogP contribution >= 0.6 is 0 Å². The Hall–Kier alpha value is -3.14. The summed E-state index contributed by atoms with van der Waals surface area (Å²) in [7, 11) is 1.59. The van der Waals surface area contributed by atoms with Gasteiger partial charge in [-0.05, 0) is 29.7 Å². The summed E-state index contributed by atoms with van der Waals surface area (Å²) in [5, 5.41) is 10.6. The number of ketones is 1. The molecule has 23 heavy (non-hydrogen) atoms. The third-order valence-electron chi connectivity index (χ3n) is 3.74. The Morgan fingerprint density at radius 2 is 1.43 bits per heavy atom. The molecule has 0 saturated heterocycles. The minimum atomic E-state index is -1.01. The number of benzene rings is 3. The fourth-order valence-corrected chi connectivity index (χ4v) is 2.57. The first kappa shape index (κ1) is 14.8. The SMILES string of the molecule is COc1ccc(C(=O)c2ccc(C(=O)O)cc2)c2ccccc12. The maximum atomic E-state index is 12.8. The van der Waals surface area contributed by atoms with Crippen molar-refractivity contribution < 1.29 is 19.4 Å². The third kappa shape index (κ3) is 2.66. The van der Waals surface area contributed by atoms with Crippen LogP contribution in [0.3, 0.4) is 0 Å². The van der Waals surface area contributed by atoms with E-state index in [4.69, 9.17) is 9.84 Å². The molecular weight excluding hydrogens is 292 g/mol. The van der Waals surface area contributed by atoms with Crippen LogP contribution in [-0.4, -0.2) is 24.0 Å². The monoisotopic (exact) mass is 306 g/mol. The van der Waals surface area contributed by atoms with E-state index < -0.39 is 5.97 Å². The zero-order valence-electron chi connectivity index (χ0n) is 12.4. The number of ether oxygens (including phenoxy) is 1. The Kier molecular flexibility index (Phi) is 3.81. The minimum absolute atomic E-state index is 0.152. The van der Waals surface area contributed by atoms with Crippen LogP contribution in [-0.2, 0) is 0 Å². The molecule has 0 unspecified atom stereocenters. The third-order valence-corrected chi connectivity index (χ3v) is 3.74. The number of hydrogen-bond acceptors (Lipinski definition) is 3. The molecule has 3 aromatic rings. The second kappa shape index (κ2) is 5.93. The van der Waals surface area contributed by atoms with E-state index in [1.54, 1.807) is 19.2 Å². The fraction of sp³-hybridized carbons (Fsp3) is 0.0526. The quantitative estimate of drug-likeness (QED) is 0.745. The molecule has 0 aromatic heterocycles. The van der Waals surface area contributed by atoms with Crippen molar-refractivity contribution in [3.8, 4) is 5.75 Å². The smallest absolute Gasteiger partial charge is 0.335 e. The van der Waals surface area contributed by atoms with Gasteiger partial charge in [-0.2, -0.15) is 0 Å². The van der Waals surface area contributed by atoms with Crippen LogP contribution < -0.4 is 4.74 Å². The lowest BCUT2D eigenvalue weighted by Gasteiger charge is -2.10. The predicted molar refractivity (Wildman–Crippen MR) is 87.3 cm³/mol. The highest BCUT2D eigenvalue weighted by Crippen LogP contribution is 2.29. The maximum Gasteiger partial charge on any atom is 0.335 e. The van der Waals surface area contributed by atoms with Crippen molar-refractivity contribution in [2.75, 3.05) is 7.11 Å². The lowest BCUT2D eigenvalue weighted by Crippen LogP contribution is -2.04. The van der Waals surface area contributed by atoms with E-state index in [0.29, 0.717) is 16.9 Å². The second-order valence-electron chi connectivity index (χ2n) is 5.07. The van der Waals surface area contributed by atoms with Gasteiger partial charge in [-0.25, -0.2) is 4.79 Å². The van der Waals surface area contributed by atoms with Crippen molar-refractivity contribution in [1.29, 1.82) is 0 Å². The summed E-state index contributed by atoms with van der Waals surface area (Å²) in [6.45, 7) is 0. The topological polar surface area (TPSA) is 63.6 Å². The lowest BCUT2D eigenvalue weighted by atomic mass is 9.96. The van der Waals surface area contributed by atoms with Crippen LogP contribution in [0, 0.1) is 0 Å². The van der Waals surface area contributed by atoms with Gasteiger partial charge in [0.05, 0.1) is 12.7 Å². The molecule has 0 fully saturated rings. The van der Waals surface area contributed by atoms with Gasteiger partial charge in [0.15, 0.2) is 5.78 Å². The number of hydrogen-bond donors (Lipinski definition) is 1. The molecule has 114 valence electrons. The van der Waals surface area contributed by atoms with E-state index in [2.05, 4.69) is 0 Å². The van der Waals surface area contributed by atoms with Gasteiger partial charge in [0, 0.05) is 16.5 Å². The molecule has 0 heterocycles. The second-order valence-corrected chi connectivity index (χ2v) is 5.07. The maximum absolute atomic E-state index is 12.8. The average molecular weight is 306 g/mol. The highest BCUT2D eigenvalue weighted by Gasteiger charge is 2.15. The number of methoxy groups -OCH3 is 1. The molecule has 0 aliphatic rings. The number of fused-ring (bicyclic) bond motifs is 1. The normalized spacial score (nSPS) is 10.5. The molecule has 4 nitrogen and oxygen atoms in total. The molecule has 1 N–H and O–H groups in total. The van der Waals surface area contributed by atoms with Gasteiger partial charge >= 0.3 is 5.97 Å². The molecular formula is C19H14O4. The zero-order valence-corrected chi connectivity index (χ0v) is 12.4. The molecule has 0 atom stereocenters. The Balaban J connectivity index is 2.09. The first-order valence-electron chi connectivity index (χ1n) is 7.05. The first-order chi connectivity index (χ1) is 11.1. The zero-order chi connectivity index (χ0) is 16.4. The van der Waals surface area contributed by atoms with Crippen LogP contribution in [0.1, 0.15) is 26.3 Å². The highest BCUT2D eigenvalue weighted by molar-refractivity contribution is 6.17. The van der Waals surface area contributed by atoms with Gasteiger partial charge in [-0.3, -0.25) is 4.79 Å². The Labute approximate surface area is 132 Å². The number of carboxylic acids is 1. The Morgan fingerprint density at radius 1 is 0.826 bits per heavy atom. The predicted octanol–water partition coefficient (Wildman–Crippen LogP) is 3.78. The summed E-state index contributed by atoms with van der Waals surface area (Å²) in [6.07, 6.45) is 0. The van der Waals surface area contributed by atoms with Crippen molar-refractivity contribution >= 4 is 22.5 Å². The van der Waals surface area contributed by atoms with Crippen molar-refractivity contribution in [2.45, 2.75) is 0 Å². The van der Waals surface area contributed by atoms with Gasteiger partial charge in [0.1, 0.15) is 5.75 Å². The van der Waals surface area contributed by atoms with Crippen LogP contribution in [0.25, 0.3) is 10.8 Å². The van der Waals surface area contributed by atoms with E-state index >= 15 is 0 Å². The van der Waals surface area contributed by atoms with Crippen LogP contribution in [0.5, 0.6) is 5.75 Å². The first-order valence-corrected chi connectivity index (χ1v) is 7.05. The highest BCUT2D eigenvalue weighted by atomic mass is 16.5. The van der Waals surface area contributed by atoms with Gasteiger partial charge < -0.3 is 9.84 Å². The summed E-state index contributed by atoms with van der Waals surface area (Å²) in [6, 6.07) is 17.0. The summed E-state index contributed by atoms with van der Waals surface area (Å²) < 4.78 is 5.33. The molecule has 3 aromatic carbocycles. The molecule has 3 rings (SSSR count). The van der Waals surface area contributed by atoms with Crippen LogP contribution in [0.15, 0.2) is 60.7 Å². The van der Waals surface area contributed by atoms with E-state index in [1.165, 1.54) is 24.3 Å².